The second-order valence-electron chi connectivity index (χ2n) is 16.9. The lowest BCUT2D eigenvalue weighted by atomic mass is 9.82. The number of aromatic nitrogens is 1. The predicted molar refractivity (Wildman–Crippen MR) is 258 cm³/mol. The van der Waals surface area contributed by atoms with Crippen LogP contribution in [0.1, 0.15) is 25.0 Å². The molecule has 0 unspecified atom stereocenters. The average molecular weight is 783 g/mol. The molecule has 12 aromatic rings. The van der Waals surface area contributed by atoms with E-state index in [-0.39, 0.29) is 5.41 Å². The maximum absolute atomic E-state index is 2.56. The average Bonchev–Trinajstić information content (AvgIpc) is 3.93. The highest BCUT2D eigenvalue weighted by Crippen LogP contribution is 2.51. The number of benzene rings is 9. The molecule has 1 aliphatic rings. The zero-order chi connectivity index (χ0) is 39.7. The maximum Gasteiger partial charge on any atom is 0.0619 e. The van der Waals surface area contributed by atoms with Crippen molar-refractivity contribution in [3.05, 3.63) is 205 Å². The number of rotatable bonds is 4. The smallest absolute Gasteiger partial charge is 0.0619 e. The van der Waals surface area contributed by atoms with Gasteiger partial charge in [0.1, 0.15) is 0 Å². The van der Waals surface area contributed by atoms with Crippen LogP contribution in [0.4, 0.5) is 17.1 Å². The molecule has 2 nitrogen and oxygen atoms in total. The standard InChI is InChI=1S/C57H38N2S/c1-57(2)48-21-9-8-17-42(48)43-31-29-39(34-49(43)57)58(37-27-25-36(26-28-37)35-13-4-3-5-14-35)38-30-32-50-47(33-38)46-20-10-19-45-41-16-7-6-15-40(41)44-18-11-23-52-54(44)55-51(59(50)56(45)46)22-12-24-53(55)60-52/h3-34H,1-2H3. The topological polar surface area (TPSA) is 7.65 Å². The molecule has 60 heavy (non-hydrogen) atoms. The normalized spacial score (nSPS) is 13.3. The summed E-state index contributed by atoms with van der Waals surface area (Å²) >= 11 is 1.89. The Bertz CT molecular complexity index is 3740. The zero-order valence-electron chi connectivity index (χ0n) is 33.3. The first-order chi connectivity index (χ1) is 29.5. The Morgan fingerprint density at radius 2 is 0.983 bits per heavy atom. The summed E-state index contributed by atoms with van der Waals surface area (Å²) in [5, 5.41) is 10.2. The summed E-state index contributed by atoms with van der Waals surface area (Å²) in [6, 6.07) is 72.5. The first-order valence-corrected chi connectivity index (χ1v) is 21.7. The number of anilines is 3. The van der Waals surface area contributed by atoms with Gasteiger partial charge in [-0.2, -0.15) is 0 Å². The van der Waals surface area contributed by atoms with Crippen LogP contribution >= 0.6 is 11.3 Å². The maximum atomic E-state index is 2.56. The van der Waals surface area contributed by atoms with Crippen LogP contribution in [-0.4, -0.2) is 4.40 Å². The monoisotopic (exact) mass is 782 g/mol. The van der Waals surface area contributed by atoms with Gasteiger partial charge in [-0.1, -0.05) is 147 Å². The van der Waals surface area contributed by atoms with Crippen LogP contribution in [0.3, 0.4) is 0 Å². The van der Waals surface area contributed by atoms with E-state index in [9.17, 15) is 0 Å². The van der Waals surface area contributed by atoms with Crippen molar-refractivity contribution in [1.29, 1.82) is 0 Å². The summed E-state index contributed by atoms with van der Waals surface area (Å²) in [5.74, 6) is 0. The Hall–Kier alpha value is -7.20. The van der Waals surface area contributed by atoms with Crippen molar-refractivity contribution in [1.82, 2.24) is 4.40 Å². The molecule has 0 aliphatic heterocycles. The van der Waals surface area contributed by atoms with Gasteiger partial charge in [0.25, 0.3) is 0 Å². The van der Waals surface area contributed by atoms with Gasteiger partial charge in [-0.25, -0.2) is 0 Å². The molecule has 0 amide bonds. The summed E-state index contributed by atoms with van der Waals surface area (Å²) < 4.78 is 5.19. The molecular formula is C57H38N2S. The molecule has 0 bridgehead atoms. The molecule has 0 saturated carbocycles. The molecule has 3 heteroatoms. The third-order valence-electron chi connectivity index (χ3n) is 13.3. The zero-order valence-corrected chi connectivity index (χ0v) is 34.1. The first-order valence-electron chi connectivity index (χ1n) is 20.8. The summed E-state index contributed by atoms with van der Waals surface area (Å²) in [6.07, 6.45) is 0. The van der Waals surface area contributed by atoms with E-state index in [0.29, 0.717) is 0 Å². The molecule has 3 heterocycles. The quantitative estimate of drug-likeness (QED) is 0.173. The Kier molecular flexibility index (Phi) is 6.98. The number of hydrogen-bond donors (Lipinski definition) is 0. The van der Waals surface area contributed by atoms with Gasteiger partial charge in [0.15, 0.2) is 0 Å². The minimum Gasteiger partial charge on any atom is -0.310 e. The van der Waals surface area contributed by atoms with Crippen molar-refractivity contribution in [2.45, 2.75) is 19.3 Å². The summed E-state index contributed by atoms with van der Waals surface area (Å²) in [6.45, 7) is 4.73. The van der Waals surface area contributed by atoms with Crippen LogP contribution in [-0.2, 0) is 5.41 Å². The number of thiophene rings is 1. The van der Waals surface area contributed by atoms with E-state index in [1.807, 2.05) is 11.3 Å². The van der Waals surface area contributed by atoms with E-state index in [1.54, 1.807) is 0 Å². The lowest BCUT2D eigenvalue weighted by molar-refractivity contribution is 0.660. The van der Waals surface area contributed by atoms with Crippen molar-refractivity contribution in [2.24, 2.45) is 0 Å². The van der Waals surface area contributed by atoms with Gasteiger partial charge in [0.2, 0.25) is 0 Å². The van der Waals surface area contributed by atoms with E-state index < -0.39 is 0 Å². The van der Waals surface area contributed by atoms with Gasteiger partial charge in [-0.15, -0.1) is 11.3 Å². The van der Waals surface area contributed by atoms with Gasteiger partial charge >= 0.3 is 0 Å². The van der Waals surface area contributed by atoms with Crippen LogP contribution < -0.4 is 4.90 Å². The lowest BCUT2D eigenvalue weighted by Gasteiger charge is -2.28. The highest BCUT2D eigenvalue weighted by atomic mass is 32.1. The number of fused-ring (bicyclic) bond motifs is 10. The van der Waals surface area contributed by atoms with Gasteiger partial charge in [-0.3, -0.25) is 0 Å². The van der Waals surface area contributed by atoms with E-state index in [0.717, 1.165) is 17.1 Å². The second-order valence-corrected chi connectivity index (χ2v) is 17.9. The van der Waals surface area contributed by atoms with E-state index in [1.165, 1.54) is 102 Å². The first kappa shape index (κ1) is 33.7. The minimum atomic E-state index is -0.119. The molecule has 0 fully saturated rings. The van der Waals surface area contributed by atoms with Crippen molar-refractivity contribution < 1.29 is 0 Å². The minimum absolute atomic E-state index is 0.119. The van der Waals surface area contributed by atoms with Crippen molar-refractivity contribution >= 4 is 97.4 Å². The fourth-order valence-electron chi connectivity index (χ4n) is 10.6. The Labute approximate surface area is 351 Å². The molecule has 0 spiro atoms. The molecule has 282 valence electrons. The molecule has 0 radical (unpaired) electrons. The highest BCUT2D eigenvalue weighted by Gasteiger charge is 2.36. The van der Waals surface area contributed by atoms with Crippen LogP contribution in [0.2, 0.25) is 0 Å². The Balaban J connectivity index is 1.11. The molecule has 9 aromatic carbocycles. The van der Waals surface area contributed by atoms with Crippen molar-refractivity contribution in [3.63, 3.8) is 0 Å². The van der Waals surface area contributed by atoms with Gasteiger partial charge in [-0.05, 0) is 110 Å². The number of para-hydroxylation sites is 1. The molecule has 0 N–H and O–H groups in total. The summed E-state index contributed by atoms with van der Waals surface area (Å²) in [7, 11) is 0. The largest absolute Gasteiger partial charge is 0.310 e. The Morgan fingerprint density at radius 1 is 0.400 bits per heavy atom. The van der Waals surface area contributed by atoms with Crippen molar-refractivity contribution in [3.8, 4) is 22.3 Å². The summed E-state index contributed by atoms with van der Waals surface area (Å²) in [4.78, 5) is 2.46. The van der Waals surface area contributed by atoms with E-state index in [2.05, 4.69) is 217 Å². The van der Waals surface area contributed by atoms with Crippen LogP contribution in [0.15, 0.2) is 194 Å². The van der Waals surface area contributed by atoms with Crippen LogP contribution in [0.25, 0.3) is 91.3 Å². The molecule has 0 saturated heterocycles. The van der Waals surface area contributed by atoms with E-state index >= 15 is 0 Å². The Morgan fingerprint density at radius 3 is 1.82 bits per heavy atom. The second kappa shape index (κ2) is 12.4. The van der Waals surface area contributed by atoms with Gasteiger partial charge in [0.05, 0.1) is 16.6 Å². The third-order valence-corrected chi connectivity index (χ3v) is 14.5. The molecule has 13 rings (SSSR count). The lowest BCUT2D eigenvalue weighted by Crippen LogP contribution is -2.16. The highest BCUT2D eigenvalue weighted by molar-refractivity contribution is 7.26. The van der Waals surface area contributed by atoms with Crippen LogP contribution in [0.5, 0.6) is 0 Å². The summed E-state index contributed by atoms with van der Waals surface area (Å²) in [5.41, 5.74) is 14.8. The van der Waals surface area contributed by atoms with E-state index in [4.69, 9.17) is 0 Å². The third kappa shape index (κ3) is 4.64. The molecule has 1 aliphatic carbocycles. The molecule has 0 atom stereocenters. The fourth-order valence-corrected chi connectivity index (χ4v) is 11.7. The van der Waals surface area contributed by atoms with Crippen molar-refractivity contribution in [2.75, 3.05) is 4.90 Å². The molecule has 3 aromatic heterocycles. The number of hydrogen-bond acceptors (Lipinski definition) is 2. The van der Waals surface area contributed by atoms with Gasteiger partial charge < -0.3 is 9.30 Å². The SMILES string of the molecule is CC1(C)c2ccccc2-c2ccc(N(c3ccc(-c4ccccc4)cc3)c3ccc4c(c3)c3cccc5c6ccccc6c6cccc7sc8cccc(c8c76)n4c53)cc21. The fraction of sp³-hybridized carbons (Fsp3) is 0.0526. The number of nitrogens with zero attached hydrogens (tertiary/aromatic N) is 2. The predicted octanol–water partition coefficient (Wildman–Crippen LogP) is 16.4. The molecular weight excluding hydrogens is 745 g/mol. The van der Waals surface area contributed by atoms with Gasteiger partial charge in [0, 0.05) is 58.8 Å². The van der Waals surface area contributed by atoms with Crippen LogP contribution in [0, 0.1) is 0 Å².